The molecule has 0 saturated heterocycles. The van der Waals surface area contributed by atoms with E-state index in [1.165, 1.54) is 0 Å². The van der Waals surface area contributed by atoms with Crippen molar-refractivity contribution < 1.29 is 30.2 Å². The molecular formula is C5H12LiNO2. The summed E-state index contributed by atoms with van der Waals surface area (Å²) in [5.74, 6) is -0.910. The number of rotatable bonds is 2. The molecule has 0 rings (SSSR count). The summed E-state index contributed by atoms with van der Waals surface area (Å²) in [5, 5.41) is 8.23. The van der Waals surface area contributed by atoms with Gasteiger partial charge in [0.15, 0.2) is 0 Å². The van der Waals surface area contributed by atoms with Crippen LogP contribution in [0.25, 0.3) is 0 Å². The van der Waals surface area contributed by atoms with Gasteiger partial charge in [-0.15, -0.1) is 0 Å². The van der Waals surface area contributed by atoms with E-state index >= 15 is 0 Å². The Morgan fingerprint density at radius 1 is 1.67 bits per heavy atom. The Morgan fingerprint density at radius 2 is 2.00 bits per heavy atom. The van der Waals surface area contributed by atoms with Crippen molar-refractivity contribution in [1.29, 1.82) is 0 Å². The second kappa shape index (κ2) is 4.86. The van der Waals surface area contributed by atoms with Crippen LogP contribution in [0.5, 0.6) is 0 Å². The zero-order valence-corrected chi connectivity index (χ0v) is 6.09. The number of carboxylic acid groups (broad SMARTS) is 1. The van der Waals surface area contributed by atoms with Crippen LogP contribution in [0.15, 0.2) is 0 Å². The molecule has 0 spiro atoms. The predicted molar refractivity (Wildman–Crippen MR) is 31.6 cm³/mol. The summed E-state index contributed by atoms with van der Waals surface area (Å²) in [4.78, 5) is 10.0. The van der Waals surface area contributed by atoms with Gasteiger partial charge in [-0.2, -0.15) is 0 Å². The van der Waals surface area contributed by atoms with Crippen molar-refractivity contribution >= 4 is 5.97 Å². The summed E-state index contributed by atoms with van der Waals surface area (Å²) in [6.45, 7) is 3.55. The third kappa shape index (κ3) is 4.53. The molecule has 0 amide bonds. The third-order valence-corrected chi connectivity index (χ3v) is 1.00. The molecule has 4 heteroatoms. The summed E-state index contributed by atoms with van der Waals surface area (Å²) >= 11 is 0. The van der Waals surface area contributed by atoms with E-state index in [0.717, 1.165) is 0 Å². The van der Waals surface area contributed by atoms with E-state index in [-0.39, 0.29) is 26.2 Å². The molecule has 0 aliphatic rings. The Balaban J connectivity index is -0.000000245. The molecule has 1 atom stereocenters. The molecule has 0 radical (unpaired) electrons. The summed E-state index contributed by atoms with van der Waals surface area (Å²) < 4.78 is 0. The first-order valence-corrected chi connectivity index (χ1v) is 2.54. The smallest absolute Gasteiger partial charge is 1.00 e. The molecule has 50 valence electrons. The Bertz CT molecular complexity index is 99.6. The molecule has 0 heterocycles. The first kappa shape index (κ1) is 11.8. The molecule has 3 N–H and O–H groups in total. The topological polar surface area (TPSA) is 63.3 Å². The van der Waals surface area contributed by atoms with Gasteiger partial charge in [-0.3, -0.25) is 4.79 Å². The summed E-state index contributed by atoms with van der Waals surface area (Å²) in [6.07, 6.45) is 0. The van der Waals surface area contributed by atoms with E-state index in [9.17, 15) is 4.79 Å². The van der Waals surface area contributed by atoms with Gasteiger partial charge in [0.1, 0.15) is 6.04 Å². The maximum absolute atomic E-state index is 10.0. The predicted octanol–water partition coefficient (Wildman–Crippen LogP) is -2.83. The number of carboxylic acids is 1. The maximum atomic E-state index is 10.0. The van der Waals surface area contributed by atoms with Gasteiger partial charge in [0, 0.05) is 0 Å². The van der Waals surface area contributed by atoms with Crippen LogP contribution in [0.3, 0.4) is 0 Å². The van der Waals surface area contributed by atoms with Gasteiger partial charge >= 0.3 is 24.8 Å². The maximum Gasteiger partial charge on any atom is 1.00 e. The van der Waals surface area contributed by atoms with E-state index < -0.39 is 12.0 Å². The Kier molecular flexibility index (Phi) is 6.37. The van der Waals surface area contributed by atoms with Gasteiger partial charge in [-0.05, 0) is 5.92 Å². The third-order valence-electron chi connectivity index (χ3n) is 1.00. The largest absolute Gasteiger partial charge is 1.00 e. The quantitative estimate of drug-likeness (QED) is 0.391. The standard InChI is InChI=1S/C5H11NO2.Li.H/c1-3(2)4(6)5(7)8;;/h3-4H,6H2,1-2H3,(H,7,8);;/q;+1;-1/t4-;;/m0../s1. The second-order valence-corrected chi connectivity index (χ2v) is 2.11. The number of hydrogen-bond acceptors (Lipinski definition) is 2. The molecule has 0 bridgehead atoms. The average molecular weight is 125 g/mol. The van der Waals surface area contributed by atoms with Crippen LogP contribution in [-0.4, -0.2) is 17.1 Å². The van der Waals surface area contributed by atoms with Crippen molar-refractivity contribution in [2.45, 2.75) is 19.9 Å². The Labute approximate surface area is 68.3 Å². The van der Waals surface area contributed by atoms with E-state index in [2.05, 4.69) is 0 Å². The first-order chi connectivity index (χ1) is 3.55. The van der Waals surface area contributed by atoms with Crippen LogP contribution in [-0.2, 0) is 4.79 Å². The van der Waals surface area contributed by atoms with Crippen LogP contribution in [0.1, 0.15) is 15.3 Å². The summed E-state index contributed by atoms with van der Waals surface area (Å²) in [5.41, 5.74) is 5.16. The number of carbonyl (C=O) groups is 1. The van der Waals surface area contributed by atoms with Crippen molar-refractivity contribution in [1.82, 2.24) is 0 Å². The molecule has 0 aromatic heterocycles. The SMILES string of the molecule is CC(C)[C@H](N)C(=O)O.[H-].[Li+]. The van der Waals surface area contributed by atoms with E-state index in [1.807, 2.05) is 0 Å². The number of nitrogens with two attached hydrogens (primary N) is 1. The van der Waals surface area contributed by atoms with Crippen LogP contribution in [0.4, 0.5) is 0 Å². The second-order valence-electron chi connectivity index (χ2n) is 2.11. The fourth-order valence-corrected chi connectivity index (χ4v) is 0.285. The van der Waals surface area contributed by atoms with Gasteiger partial charge in [0.2, 0.25) is 0 Å². The number of hydrogen-bond donors (Lipinski definition) is 2. The molecule has 0 aromatic carbocycles. The van der Waals surface area contributed by atoms with Crippen LogP contribution in [0.2, 0.25) is 0 Å². The van der Waals surface area contributed by atoms with Gasteiger partial charge in [-0.25, -0.2) is 0 Å². The molecule has 0 aromatic rings. The molecule has 0 aliphatic heterocycles. The average Bonchev–Trinajstić information content (AvgIpc) is 1.64. The van der Waals surface area contributed by atoms with Gasteiger partial charge in [0.25, 0.3) is 0 Å². The van der Waals surface area contributed by atoms with Crippen LogP contribution >= 0.6 is 0 Å². The van der Waals surface area contributed by atoms with Gasteiger partial charge < -0.3 is 12.3 Å². The van der Waals surface area contributed by atoms with E-state index in [0.29, 0.717) is 0 Å². The molecule has 0 aliphatic carbocycles. The summed E-state index contributed by atoms with van der Waals surface area (Å²) in [7, 11) is 0. The normalized spacial score (nSPS) is 12.4. The fraction of sp³-hybridized carbons (Fsp3) is 0.800. The summed E-state index contributed by atoms with van der Waals surface area (Å²) in [6, 6.07) is -0.713. The van der Waals surface area contributed by atoms with Crippen molar-refractivity contribution in [2.24, 2.45) is 11.7 Å². The Hall–Kier alpha value is 0.0274. The minimum atomic E-state index is -0.931. The van der Waals surface area contributed by atoms with Crippen molar-refractivity contribution in [2.75, 3.05) is 0 Å². The molecule has 0 saturated carbocycles. The van der Waals surface area contributed by atoms with Gasteiger partial charge in [-0.1, -0.05) is 13.8 Å². The van der Waals surface area contributed by atoms with Crippen molar-refractivity contribution in [3.63, 3.8) is 0 Å². The van der Waals surface area contributed by atoms with Crippen LogP contribution < -0.4 is 24.6 Å². The van der Waals surface area contributed by atoms with Crippen molar-refractivity contribution in [3.05, 3.63) is 0 Å². The monoisotopic (exact) mass is 125 g/mol. The molecule has 9 heavy (non-hydrogen) atoms. The van der Waals surface area contributed by atoms with Crippen LogP contribution in [0, 0.1) is 5.92 Å². The fourth-order valence-electron chi connectivity index (χ4n) is 0.285. The molecule has 3 nitrogen and oxygen atoms in total. The minimum Gasteiger partial charge on any atom is -1.00 e. The minimum absolute atomic E-state index is 0. The van der Waals surface area contributed by atoms with Crippen molar-refractivity contribution in [3.8, 4) is 0 Å². The molecule has 0 fully saturated rings. The molecular weight excluding hydrogens is 113 g/mol. The molecule has 0 unspecified atom stereocenters. The zero-order chi connectivity index (χ0) is 6.73. The van der Waals surface area contributed by atoms with E-state index in [4.69, 9.17) is 10.8 Å². The van der Waals surface area contributed by atoms with E-state index in [1.54, 1.807) is 13.8 Å². The van der Waals surface area contributed by atoms with Gasteiger partial charge in [0.05, 0.1) is 0 Å². The Morgan fingerprint density at radius 3 is 2.00 bits per heavy atom. The zero-order valence-electron chi connectivity index (χ0n) is 7.09. The number of aliphatic carboxylic acids is 1. The first-order valence-electron chi connectivity index (χ1n) is 2.54.